The second kappa shape index (κ2) is 15.9. The lowest BCUT2D eigenvalue weighted by molar-refractivity contribution is 0.483. The highest BCUT2D eigenvalue weighted by Gasteiger charge is 2.31. The van der Waals surface area contributed by atoms with Crippen molar-refractivity contribution in [2.45, 2.75) is 13.6 Å². The summed E-state index contributed by atoms with van der Waals surface area (Å²) in [5.74, 6) is 1.56. The molecule has 2 heterocycles. The number of para-hydroxylation sites is 4. The fraction of sp³-hybridized carbons (Fsp3) is 0.0526. The lowest BCUT2D eigenvalue weighted by Crippen LogP contribution is -2.24. The first-order chi connectivity index (χ1) is 30.7. The molecular weight excluding hydrogens is 757 g/mol. The van der Waals surface area contributed by atoms with Gasteiger partial charge in [-0.1, -0.05) is 157 Å². The summed E-state index contributed by atoms with van der Waals surface area (Å²) in [6, 6.07) is 77.6. The number of anilines is 5. The van der Waals surface area contributed by atoms with Gasteiger partial charge in [-0.25, -0.2) is 0 Å². The van der Waals surface area contributed by atoms with Gasteiger partial charge in [0.15, 0.2) is 0 Å². The van der Waals surface area contributed by atoms with E-state index in [2.05, 4.69) is 239 Å². The fourth-order valence-electron chi connectivity index (χ4n) is 9.11. The number of hydrogen-bond acceptors (Lipinski definition) is 4. The van der Waals surface area contributed by atoms with Crippen LogP contribution in [-0.2, 0) is 6.67 Å². The lowest BCUT2D eigenvalue weighted by Gasteiger charge is -2.27. The Hall–Kier alpha value is -8.02. The predicted molar refractivity (Wildman–Crippen MR) is 259 cm³/mol. The second-order valence-electron chi connectivity index (χ2n) is 15.9. The van der Waals surface area contributed by atoms with E-state index < -0.39 is 0 Å². The minimum atomic E-state index is 0.593. The molecule has 0 spiro atoms. The van der Waals surface area contributed by atoms with Gasteiger partial charge >= 0.3 is 0 Å². The van der Waals surface area contributed by atoms with Crippen LogP contribution in [0.25, 0.3) is 55.2 Å². The summed E-state index contributed by atoms with van der Waals surface area (Å²) in [5, 5.41) is 6.20. The van der Waals surface area contributed by atoms with Crippen LogP contribution in [0.1, 0.15) is 5.56 Å². The van der Waals surface area contributed by atoms with Gasteiger partial charge in [-0.3, -0.25) is 0 Å². The molecule has 0 saturated heterocycles. The number of nitrogens with zero attached hydrogens (tertiary/aromatic N) is 3. The van der Waals surface area contributed by atoms with Gasteiger partial charge in [0.2, 0.25) is 0 Å². The van der Waals surface area contributed by atoms with Crippen LogP contribution >= 0.6 is 0 Å². The number of nitrogens with one attached hydrogen (secondary N) is 1. The molecule has 1 aliphatic heterocycles. The molecule has 298 valence electrons. The highest BCUT2D eigenvalue weighted by Crippen LogP contribution is 2.50. The molecule has 1 aliphatic rings. The normalized spacial score (nSPS) is 12.2. The SMILES string of the molecule is Cc1ccc(NCn2c3ccccc3c3ccc(Oc4cccc(N5CN(c6c(-c7ccccc7)cccc6-c6ccccc6)c6ccccc65)c4)cc32)c(-c2ccccc2)c1. The van der Waals surface area contributed by atoms with Crippen LogP contribution in [-0.4, -0.2) is 11.2 Å². The zero-order valence-corrected chi connectivity index (χ0v) is 34.4. The van der Waals surface area contributed by atoms with Gasteiger partial charge in [-0.05, 0) is 78.2 Å². The van der Waals surface area contributed by atoms with Gasteiger partial charge in [0.1, 0.15) is 18.2 Å². The molecule has 0 bridgehead atoms. The van der Waals surface area contributed by atoms with E-state index in [0.29, 0.717) is 13.3 Å². The number of hydrogen-bond donors (Lipinski definition) is 1. The smallest absolute Gasteiger partial charge is 0.129 e. The Labute approximate surface area is 362 Å². The fourth-order valence-corrected chi connectivity index (χ4v) is 9.11. The molecule has 9 aromatic carbocycles. The summed E-state index contributed by atoms with van der Waals surface area (Å²) in [6.07, 6.45) is 0. The van der Waals surface area contributed by atoms with Gasteiger partial charge in [0.25, 0.3) is 0 Å². The molecule has 0 aliphatic carbocycles. The summed E-state index contributed by atoms with van der Waals surface area (Å²) in [5.41, 5.74) is 16.3. The van der Waals surface area contributed by atoms with Crippen molar-refractivity contribution in [2.75, 3.05) is 21.8 Å². The molecular formula is C57H44N4O. The molecule has 0 radical (unpaired) electrons. The van der Waals surface area contributed by atoms with Crippen molar-refractivity contribution in [1.82, 2.24) is 4.57 Å². The molecule has 5 heteroatoms. The maximum absolute atomic E-state index is 6.77. The Morgan fingerprint density at radius 1 is 0.452 bits per heavy atom. The van der Waals surface area contributed by atoms with E-state index in [1.54, 1.807) is 0 Å². The molecule has 5 nitrogen and oxygen atoms in total. The topological polar surface area (TPSA) is 32.7 Å². The number of benzene rings is 9. The third kappa shape index (κ3) is 6.80. The minimum Gasteiger partial charge on any atom is -0.457 e. The van der Waals surface area contributed by atoms with Crippen molar-refractivity contribution >= 4 is 50.2 Å². The van der Waals surface area contributed by atoms with Crippen LogP contribution in [0.4, 0.5) is 28.4 Å². The Balaban J connectivity index is 0.929. The molecule has 10 aromatic rings. The van der Waals surface area contributed by atoms with Crippen molar-refractivity contribution in [3.63, 3.8) is 0 Å². The molecule has 0 amide bonds. The minimum absolute atomic E-state index is 0.593. The third-order valence-corrected chi connectivity index (χ3v) is 12.0. The summed E-state index contributed by atoms with van der Waals surface area (Å²) in [6.45, 7) is 3.38. The van der Waals surface area contributed by atoms with E-state index >= 15 is 0 Å². The van der Waals surface area contributed by atoms with Gasteiger partial charge in [-0.2, -0.15) is 0 Å². The van der Waals surface area contributed by atoms with E-state index in [4.69, 9.17) is 4.74 Å². The number of ether oxygens (including phenoxy) is 1. The molecule has 0 atom stereocenters. The molecule has 0 saturated carbocycles. The van der Waals surface area contributed by atoms with Crippen LogP contribution in [0.2, 0.25) is 0 Å². The van der Waals surface area contributed by atoms with Crippen molar-refractivity contribution < 1.29 is 4.74 Å². The van der Waals surface area contributed by atoms with Gasteiger partial charge < -0.3 is 24.4 Å². The largest absolute Gasteiger partial charge is 0.457 e. The van der Waals surface area contributed by atoms with E-state index in [0.717, 1.165) is 39.8 Å². The predicted octanol–water partition coefficient (Wildman–Crippen LogP) is 15.2. The van der Waals surface area contributed by atoms with Crippen molar-refractivity contribution in [3.05, 3.63) is 224 Å². The van der Waals surface area contributed by atoms with Crippen LogP contribution in [0.15, 0.2) is 218 Å². The van der Waals surface area contributed by atoms with Crippen molar-refractivity contribution in [1.29, 1.82) is 0 Å². The Morgan fingerprint density at radius 3 is 1.74 bits per heavy atom. The quantitative estimate of drug-likeness (QED) is 0.149. The molecule has 0 unspecified atom stereocenters. The van der Waals surface area contributed by atoms with Gasteiger partial charge in [0.05, 0.1) is 34.8 Å². The number of rotatable bonds is 10. The first-order valence-corrected chi connectivity index (χ1v) is 21.2. The molecule has 62 heavy (non-hydrogen) atoms. The van der Waals surface area contributed by atoms with Crippen LogP contribution in [0.5, 0.6) is 11.5 Å². The Kier molecular flexibility index (Phi) is 9.47. The monoisotopic (exact) mass is 800 g/mol. The van der Waals surface area contributed by atoms with E-state index in [-0.39, 0.29) is 0 Å². The summed E-state index contributed by atoms with van der Waals surface area (Å²) < 4.78 is 9.13. The van der Waals surface area contributed by atoms with Crippen LogP contribution < -0.4 is 19.9 Å². The van der Waals surface area contributed by atoms with Crippen LogP contribution in [0, 0.1) is 6.92 Å². The van der Waals surface area contributed by atoms with E-state index in [1.807, 2.05) is 6.07 Å². The highest BCUT2D eigenvalue weighted by molar-refractivity contribution is 6.08. The first-order valence-electron chi connectivity index (χ1n) is 21.2. The average molecular weight is 801 g/mol. The summed E-state index contributed by atoms with van der Waals surface area (Å²) in [7, 11) is 0. The Bertz CT molecular complexity index is 3160. The van der Waals surface area contributed by atoms with E-state index in [1.165, 1.54) is 60.9 Å². The molecule has 11 rings (SSSR count). The lowest BCUT2D eigenvalue weighted by atomic mass is 9.95. The first kappa shape index (κ1) is 37.0. The highest BCUT2D eigenvalue weighted by atomic mass is 16.5. The Morgan fingerprint density at radius 2 is 1.03 bits per heavy atom. The van der Waals surface area contributed by atoms with Crippen LogP contribution in [0.3, 0.4) is 0 Å². The maximum Gasteiger partial charge on any atom is 0.129 e. The van der Waals surface area contributed by atoms with Crippen molar-refractivity contribution in [3.8, 4) is 44.9 Å². The second-order valence-corrected chi connectivity index (χ2v) is 15.9. The zero-order valence-electron chi connectivity index (χ0n) is 34.4. The average Bonchev–Trinajstić information content (AvgIpc) is 3.87. The number of aryl methyl sites for hydroxylation is 1. The van der Waals surface area contributed by atoms with E-state index in [9.17, 15) is 0 Å². The third-order valence-electron chi connectivity index (χ3n) is 12.0. The van der Waals surface area contributed by atoms with Gasteiger partial charge in [-0.15, -0.1) is 0 Å². The summed E-state index contributed by atoms with van der Waals surface area (Å²) in [4.78, 5) is 4.86. The number of aromatic nitrogens is 1. The molecule has 1 N–H and O–H groups in total. The summed E-state index contributed by atoms with van der Waals surface area (Å²) >= 11 is 0. The molecule has 0 fully saturated rings. The van der Waals surface area contributed by atoms with Gasteiger partial charge in [0, 0.05) is 51.0 Å². The number of fused-ring (bicyclic) bond motifs is 4. The standard InChI is InChI=1S/C57H44N4O/c1-40-31-34-52(51(35-40)43-21-9-4-10-22-43)58-38-59-53-28-12-11-25-49(53)50-33-32-46(37-56(50)59)62-45-24-15-23-44(36-45)60-39-61(55-30-14-13-29-54(55)60)57-47(41-17-5-2-6-18-41)26-16-27-48(57)42-19-7-3-8-20-42/h2-37,58H,38-39H2,1H3. The van der Waals surface area contributed by atoms with Crippen molar-refractivity contribution in [2.24, 2.45) is 0 Å². The maximum atomic E-state index is 6.77. The molecule has 1 aromatic heterocycles. The zero-order chi connectivity index (χ0) is 41.4.